The molecule has 1 aliphatic rings. The molecule has 2 aromatic carbocycles. The minimum atomic E-state index is -0.584. The van der Waals surface area contributed by atoms with Crippen LogP contribution in [-0.4, -0.2) is 53.5 Å². The molecule has 0 aliphatic carbocycles. The lowest BCUT2D eigenvalue weighted by atomic mass is 10.0. The number of amides is 1. The highest BCUT2D eigenvalue weighted by molar-refractivity contribution is 6.12. The molecule has 3 rings (SSSR count). The van der Waals surface area contributed by atoms with Crippen molar-refractivity contribution in [2.24, 2.45) is 0 Å². The number of hydrogen-bond donors (Lipinski definition) is 0. The van der Waals surface area contributed by atoms with Crippen molar-refractivity contribution in [1.29, 1.82) is 0 Å². The fraction of sp³-hybridized carbons (Fsp3) is 0.364. The van der Waals surface area contributed by atoms with Crippen LogP contribution in [0.15, 0.2) is 48.5 Å². The minimum Gasteiger partial charge on any atom is -0.444 e. The molecule has 8 nitrogen and oxygen atoms in total. The van der Waals surface area contributed by atoms with Crippen LogP contribution in [0.2, 0.25) is 0 Å². The van der Waals surface area contributed by atoms with Crippen molar-refractivity contribution in [1.82, 2.24) is 4.90 Å². The third-order valence-corrected chi connectivity index (χ3v) is 4.75. The number of carbonyl (C=O) groups is 2. The van der Waals surface area contributed by atoms with E-state index >= 15 is 0 Å². The van der Waals surface area contributed by atoms with Crippen molar-refractivity contribution in [3.05, 3.63) is 69.8 Å². The van der Waals surface area contributed by atoms with Crippen LogP contribution in [0.5, 0.6) is 0 Å². The first-order chi connectivity index (χ1) is 14.2. The Kier molecular flexibility index (Phi) is 6.05. The number of nitrogens with zero attached hydrogens (tertiary/aromatic N) is 3. The molecule has 1 aliphatic heterocycles. The highest BCUT2D eigenvalue weighted by atomic mass is 16.6. The van der Waals surface area contributed by atoms with Gasteiger partial charge in [-0.25, -0.2) is 4.79 Å². The van der Waals surface area contributed by atoms with Crippen LogP contribution in [0, 0.1) is 10.1 Å². The maximum absolute atomic E-state index is 12.9. The van der Waals surface area contributed by atoms with Gasteiger partial charge in [-0.3, -0.25) is 14.9 Å². The molecule has 0 spiro atoms. The van der Waals surface area contributed by atoms with Crippen molar-refractivity contribution in [3.63, 3.8) is 0 Å². The number of benzene rings is 2. The summed E-state index contributed by atoms with van der Waals surface area (Å²) in [7, 11) is 0. The zero-order valence-corrected chi connectivity index (χ0v) is 17.3. The van der Waals surface area contributed by atoms with Crippen LogP contribution >= 0.6 is 0 Å². The van der Waals surface area contributed by atoms with Gasteiger partial charge in [-0.1, -0.05) is 36.4 Å². The number of nitro groups is 1. The summed E-state index contributed by atoms with van der Waals surface area (Å²) >= 11 is 0. The van der Waals surface area contributed by atoms with E-state index in [1.54, 1.807) is 68.1 Å². The minimum absolute atomic E-state index is 0.0540. The smallest absolute Gasteiger partial charge is 0.410 e. The lowest BCUT2D eigenvalue weighted by Crippen LogP contribution is -2.50. The summed E-state index contributed by atoms with van der Waals surface area (Å²) in [6.45, 7) is 6.98. The average Bonchev–Trinajstić information content (AvgIpc) is 2.72. The van der Waals surface area contributed by atoms with Gasteiger partial charge in [-0.15, -0.1) is 0 Å². The van der Waals surface area contributed by atoms with Gasteiger partial charge in [0.05, 0.1) is 4.92 Å². The number of para-hydroxylation sites is 1. The molecule has 0 saturated carbocycles. The summed E-state index contributed by atoms with van der Waals surface area (Å²) in [4.78, 5) is 40.0. The van der Waals surface area contributed by atoms with E-state index in [1.165, 1.54) is 6.07 Å². The van der Waals surface area contributed by atoms with Crippen molar-refractivity contribution in [3.8, 4) is 0 Å². The molecule has 30 heavy (non-hydrogen) atoms. The second kappa shape index (κ2) is 8.52. The monoisotopic (exact) mass is 411 g/mol. The number of hydrogen-bond acceptors (Lipinski definition) is 6. The van der Waals surface area contributed by atoms with E-state index in [-0.39, 0.29) is 11.3 Å². The Balaban J connectivity index is 1.83. The van der Waals surface area contributed by atoms with Crippen LogP contribution in [0.4, 0.5) is 16.2 Å². The number of rotatable bonds is 4. The molecule has 1 saturated heterocycles. The Morgan fingerprint density at radius 2 is 1.60 bits per heavy atom. The Hall–Kier alpha value is -3.42. The molecule has 0 aromatic heterocycles. The molecule has 158 valence electrons. The first-order valence-electron chi connectivity index (χ1n) is 9.77. The van der Waals surface area contributed by atoms with Gasteiger partial charge in [-0.05, 0) is 32.9 Å². The van der Waals surface area contributed by atoms with E-state index in [2.05, 4.69) is 0 Å². The largest absolute Gasteiger partial charge is 0.444 e. The third kappa shape index (κ3) is 4.76. The molecule has 0 bridgehead atoms. The number of piperazine rings is 1. The fourth-order valence-electron chi connectivity index (χ4n) is 3.36. The maximum Gasteiger partial charge on any atom is 0.410 e. The highest BCUT2D eigenvalue weighted by Crippen LogP contribution is 2.34. The Morgan fingerprint density at radius 3 is 2.17 bits per heavy atom. The molecule has 2 aromatic rings. The third-order valence-electron chi connectivity index (χ3n) is 4.75. The van der Waals surface area contributed by atoms with Crippen molar-refractivity contribution < 1.29 is 19.2 Å². The van der Waals surface area contributed by atoms with Gasteiger partial charge in [-0.2, -0.15) is 0 Å². The summed E-state index contributed by atoms with van der Waals surface area (Å²) in [5.41, 5.74) is 0.0348. The van der Waals surface area contributed by atoms with E-state index in [0.29, 0.717) is 37.4 Å². The molecule has 0 atom stereocenters. The summed E-state index contributed by atoms with van der Waals surface area (Å²) in [5.74, 6) is -0.392. The van der Waals surface area contributed by atoms with Gasteiger partial charge in [0.25, 0.3) is 0 Å². The van der Waals surface area contributed by atoms with Gasteiger partial charge in [0.2, 0.25) is 0 Å². The predicted octanol–water partition coefficient (Wildman–Crippen LogP) is 3.88. The molecule has 0 N–H and O–H groups in total. The fourth-order valence-corrected chi connectivity index (χ4v) is 3.36. The molecule has 1 amide bonds. The number of nitro benzene ring substituents is 1. The van der Waals surface area contributed by atoms with E-state index in [1.807, 2.05) is 4.90 Å². The SMILES string of the molecule is CC(C)(C)OC(=O)N1CCN(c2cccc(C(=O)c3ccccc3)c2[N+](=O)[O-])CC1. The van der Waals surface area contributed by atoms with Gasteiger partial charge >= 0.3 is 11.8 Å². The first kappa shape index (κ1) is 21.3. The quantitative estimate of drug-likeness (QED) is 0.431. The maximum atomic E-state index is 12.9. The van der Waals surface area contributed by atoms with Gasteiger partial charge < -0.3 is 14.5 Å². The summed E-state index contributed by atoms with van der Waals surface area (Å²) in [6, 6.07) is 13.3. The zero-order valence-electron chi connectivity index (χ0n) is 17.3. The molecular formula is C22H25N3O5. The van der Waals surface area contributed by atoms with Crippen LogP contribution in [0.1, 0.15) is 36.7 Å². The van der Waals surface area contributed by atoms with Crippen molar-refractivity contribution >= 4 is 23.3 Å². The molecule has 0 radical (unpaired) electrons. The zero-order chi connectivity index (χ0) is 21.9. The lowest BCUT2D eigenvalue weighted by Gasteiger charge is -2.36. The van der Waals surface area contributed by atoms with Crippen LogP contribution in [-0.2, 0) is 4.74 Å². The van der Waals surface area contributed by atoms with Crippen molar-refractivity contribution in [2.45, 2.75) is 26.4 Å². The Morgan fingerprint density at radius 1 is 0.967 bits per heavy atom. The normalized spacial score (nSPS) is 14.4. The van der Waals surface area contributed by atoms with Crippen LogP contribution in [0.3, 0.4) is 0 Å². The Labute approximate surface area is 175 Å². The van der Waals surface area contributed by atoms with Crippen LogP contribution in [0.25, 0.3) is 0 Å². The first-order valence-corrected chi connectivity index (χ1v) is 9.77. The Bertz CT molecular complexity index is 945. The second-order valence-electron chi connectivity index (χ2n) is 8.08. The molecule has 0 unspecified atom stereocenters. The summed E-state index contributed by atoms with van der Waals surface area (Å²) in [5, 5.41) is 11.9. The molecule has 1 fully saturated rings. The highest BCUT2D eigenvalue weighted by Gasteiger charge is 2.31. The van der Waals surface area contributed by atoms with E-state index in [0.717, 1.165) is 0 Å². The van der Waals surface area contributed by atoms with E-state index < -0.39 is 22.4 Å². The van der Waals surface area contributed by atoms with Gasteiger partial charge in [0.15, 0.2) is 5.78 Å². The van der Waals surface area contributed by atoms with E-state index in [4.69, 9.17) is 4.74 Å². The topological polar surface area (TPSA) is 93.0 Å². The predicted molar refractivity (Wildman–Crippen MR) is 113 cm³/mol. The molecule has 8 heteroatoms. The number of anilines is 1. The number of carbonyl (C=O) groups excluding carboxylic acids is 2. The second-order valence-corrected chi connectivity index (χ2v) is 8.08. The lowest BCUT2D eigenvalue weighted by molar-refractivity contribution is -0.384. The summed E-state index contributed by atoms with van der Waals surface area (Å²) in [6.07, 6.45) is -0.398. The molecule has 1 heterocycles. The van der Waals surface area contributed by atoms with Crippen LogP contribution < -0.4 is 4.90 Å². The molecular weight excluding hydrogens is 386 g/mol. The van der Waals surface area contributed by atoms with Crippen molar-refractivity contribution in [2.75, 3.05) is 31.1 Å². The van der Waals surface area contributed by atoms with Gasteiger partial charge in [0, 0.05) is 31.7 Å². The number of ketones is 1. The summed E-state index contributed by atoms with van der Waals surface area (Å²) < 4.78 is 5.40. The average molecular weight is 411 g/mol. The standard InChI is InChI=1S/C22H25N3O5/c1-22(2,3)30-21(27)24-14-12-23(13-15-24)18-11-7-10-17(19(18)25(28)29)20(26)16-8-5-4-6-9-16/h4-11H,12-15H2,1-3H3. The van der Waals surface area contributed by atoms with Gasteiger partial charge in [0.1, 0.15) is 16.9 Å². The number of ether oxygens (including phenoxy) is 1. The van der Waals surface area contributed by atoms with E-state index in [9.17, 15) is 19.7 Å².